The lowest BCUT2D eigenvalue weighted by atomic mass is 9.85. The number of hydrogen-bond acceptors (Lipinski definition) is 5. The number of pyridine rings is 1. The molecule has 1 unspecified atom stereocenters. The molecule has 0 aromatic carbocycles. The lowest BCUT2D eigenvalue weighted by molar-refractivity contribution is -0.00343. The smallest absolute Gasteiger partial charge is 0.130 e. The summed E-state index contributed by atoms with van der Waals surface area (Å²) in [6.45, 7) is 1.53. The molecule has 0 radical (unpaired) electrons. The van der Waals surface area contributed by atoms with Gasteiger partial charge in [-0.25, -0.2) is 0 Å². The van der Waals surface area contributed by atoms with Crippen LogP contribution in [0, 0.1) is 5.92 Å². The summed E-state index contributed by atoms with van der Waals surface area (Å²) in [7, 11) is 0. The van der Waals surface area contributed by atoms with Gasteiger partial charge in [-0.2, -0.15) is 0 Å². The minimum atomic E-state index is -0.528. The highest BCUT2D eigenvalue weighted by molar-refractivity contribution is 5.68. The van der Waals surface area contributed by atoms with Crippen LogP contribution in [0.1, 0.15) is 31.2 Å². The summed E-state index contributed by atoms with van der Waals surface area (Å²) >= 11 is 0. The summed E-state index contributed by atoms with van der Waals surface area (Å²) in [6.07, 6.45) is 12.8. The normalized spacial score (nSPS) is 28.6. The van der Waals surface area contributed by atoms with E-state index in [4.69, 9.17) is 10.5 Å². The molecule has 1 aliphatic carbocycles. The Balaban J connectivity index is 1.64. The third kappa shape index (κ3) is 2.75. The van der Waals surface area contributed by atoms with Gasteiger partial charge in [0, 0.05) is 29.6 Å². The van der Waals surface area contributed by atoms with Crippen LogP contribution in [-0.2, 0) is 4.74 Å². The summed E-state index contributed by atoms with van der Waals surface area (Å²) in [5.41, 5.74) is 9.68. The molecule has 3 heterocycles. The fourth-order valence-corrected chi connectivity index (χ4v) is 3.75. The fourth-order valence-electron chi connectivity index (χ4n) is 3.75. The van der Waals surface area contributed by atoms with Gasteiger partial charge >= 0.3 is 0 Å². The Morgan fingerprint density at radius 1 is 1.17 bits per heavy atom. The number of dihydropyridines is 1. The van der Waals surface area contributed by atoms with E-state index in [1.54, 1.807) is 0 Å². The molecule has 4 N–H and O–H groups in total. The van der Waals surface area contributed by atoms with Crippen molar-refractivity contribution < 1.29 is 4.74 Å². The van der Waals surface area contributed by atoms with Crippen molar-refractivity contribution in [3.63, 3.8) is 0 Å². The van der Waals surface area contributed by atoms with Gasteiger partial charge in [-0.3, -0.25) is 4.98 Å². The van der Waals surface area contributed by atoms with Crippen molar-refractivity contribution in [1.29, 1.82) is 0 Å². The highest BCUT2D eigenvalue weighted by Crippen LogP contribution is 2.37. The summed E-state index contributed by atoms with van der Waals surface area (Å²) in [5.74, 6) is 0.452. The molecule has 23 heavy (non-hydrogen) atoms. The van der Waals surface area contributed by atoms with E-state index < -0.39 is 5.66 Å². The van der Waals surface area contributed by atoms with Crippen LogP contribution in [0.3, 0.4) is 0 Å². The van der Waals surface area contributed by atoms with Gasteiger partial charge in [-0.05, 0) is 37.1 Å². The Morgan fingerprint density at radius 2 is 1.91 bits per heavy atom. The topological polar surface area (TPSA) is 72.2 Å². The molecular formula is C18H24N4O. The second-order valence-electron chi connectivity index (χ2n) is 6.75. The van der Waals surface area contributed by atoms with Crippen LogP contribution >= 0.6 is 0 Å². The average Bonchev–Trinajstić information content (AvgIpc) is 3.08. The molecule has 2 aliphatic heterocycles. The average molecular weight is 312 g/mol. The molecular weight excluding hydrogens is 288 g/mol. The number of hydrogen-bond donors (Lipinski definition) is 3. The van der Waals surface area contributed by atoms with Crippen LogP contribution in [0.5, 0.6) is 0 Å². The SMILES string of the molecule is NC1(C2CCCC2)NC(c2ccncc2)=CC=C1NC1COC1. The molecule has 5 nitrogen and oxygen atoms in total. The van der Waals surface area contributed by atoms with Crippen LogP contribution in [0.15, 0.2) is 42.4 Å². The molecule has 4 rings (SSSR count). The molecule has 0 bridgehead atoms. The van der Waals surface area contributed by atoms with Gasteiger partial charge in [0.15, 0.2) is 0 Å². The Hall–Kier alpha value is -1.85. The van der Waals surface area contributed by atoms with Gasteiger partial charge in [0.1, 0.15) is 5.66 Å². The van der Waals surface area contributed by atoms with Crippen molar-refractivity contribution in [2.75, 3.05) is 13.2 Å². The molecule has 5 heteroatoms. The van der Waals surface area contributed by atoms with Gasteiger partial charge in [-0.1, -0.05) is 12.8 Å². The van der Waals surface area contributed by atoms with Crippen LogP contribution in [0.25, 0.3) is 5.70 Å². The number of nitrogens with two attached hydrogens (primary N) is 1. The molecule has 1 saturated carbocycles. The lowest BCUT2D eigenvalue weighted by Gasteiger charge is -2.44. The van der Waals surface area contributed by atoms with Crippen molar-refractivity contribution >= 4 is 5.70 Å². The molecule has 1 atom stereocenters. The Kier molecular flexibility index (Phi) is 3.83. The number of ether oxygens (including phenoxy) is 1. The predicted octanol–water partition coefficient (Wildman–Crippen LogP) is 1.74. The van der Waals surface area contributed by atoms with Crippen molar-refractivity contribution in [2.45, 2.75) is 37.4 Å². The monoisotopic (exact) mass is 312 g/mol. The molecule has 0 amide bonds. The first kappa shape index (κ1) is 14.7. The van der Waals surface area contributed by atoms with Gasteiger partial charge in [0.25, 0.3) is 0 Å². The van der Waals surface area contributed by atoms with Crippen molar-refractivity contribution in [3.05, 3.63) is 47.9 Å². The highest BCUT2D eigenvalue weighted by atomic mass is 16.5. The van der Waals surface area contributed by atoms with E-state index >= 15 is 0 Å². The third-order valence-corrected chi connectivity index (χ3v) is 5.19. The van der Waals surface area contributed by atoms with E-state index in [9.17, 15) is 0 Å². The number of rotatable bonds is 4. The third-order valence-electron chi connectivity index (χ3n) is 5.19. The zero-order valence-electron chi connectivity index (χ0n) is 13.3. The molecule has 1 saturated heterocycles. The second-order valence-corrected chi connectivity index (χ2v) is 6.75. The van der Waals surface area contributed by atoms with Gasteiger partial charge in [-0.15, -0.1) is 0 Å². The molecule has 1 aromatic heterocycles. The summed E-state index contributed by atoms with van der Waals surface area (Å²) < 4.78 is 5.29. The van der Waals surface area contributed by atoms with Crippen LogP contribution < -0.4 is 16.4 Å². The first-order valence-corrected chi connectivity index (χ1v) is 8.50. The largest absolute Gasteiger partial charge is 0.378 e. The zero-order chi connectivity index (χ0) is 15.7. The molecule has 122 valence electrons. The minimum absolute atomic E-state index is 0.378. The van der Waals surface area contributed by atoms with Crippen LogP contribution in [0.4, 0.5) is 0 Å². The predicted molar refractivity (Wildman–Crippen MR) is 90.1 cm³/mol. The second kappa shape index (κ2) is 5.98. The molecule has 3 aliphatic rings. The number of allylic oxidation sites excluding steroid dienone is 2. The molecule has 1 aromatic rings. The Morgan fingerprint density at radius 3 is 2.57 bits per heavy atom. The van der Waals surface area contributed by atoms with Gasteiger partial charge in [0.2, 0.25) is 0 Å². The van der Waals surface area contributed by atoms with Crippen molar-refractivity contribution in [3.8, 4) is 0 Å². The summed E-state index contributed by atoms with van der Waals surface area (Å²) in [4.78, 5) is 4.10. The van der Waals surface area contributed by atoms with Crippen molar-refractivity contribution in [2.24, 2.45) is 11.7 Å². The van der Waals surface area contributed by atoms with E-state index in [2.05, 4.69) is 27.8 Å². The van der Waals surface area contributed by atoms with Gasteiger partial charge in [0.05, 0.1) is 25.0 Å². The first-order valence-electron chi connectivity index (χ1n) is 8.50. The van der Waals surface area contributed by atoms with E-state index in [1.807, 2.05) is 24.5 Å². The van der Waals surface area contributed by atoms with Crippen molar-refractivity contribution in [1.82, 2.24) is 15.6 Å². The summed E-state index contributed by atoms with van der Waals surface area (Å²) in [5, 5.41) is 7.22. The molecule has 2 fully saturated rings. The maximum Gasteiger partial charge on any atom is 0.130 e. The first-order chi connectivity index (χ1) is 11.3. The number of nitrogens with zero attached hydrogens (tertiary/aromatic N) is 1. The summed E-state index contributed by atoms with van der Waals surface area (Å²) in [6, 6.07) is 4.41. The lowest BCUT2D eigenvalue weighted by Crippen LogP contribution is -2.64. The van der Waals surface area contributed by atoms with E-state index in [1.165, 1.54) is 25.7 Å². The van der Waals surface area contributed by atoms with E-state index in [0.29, 0.717) is 12.0 Å². The van der Waals surface area contributed by atoms with Gasteiger partial charge < -0.3 is 21.1 Å². The van der Waals surface area contributed by atoms with Crippen LogP contribution in [0.2, 0.25) is 0 Å². The quantitative estimate of drug-likeness (QED) is 0.790. The van der Waals surface area contributed by atoms with E-state index in [-0.39, 0.29) is 0 Å². The number of aromatic nitrogens is 1. The maximum atomic E-state index is 6.92. The Labute approximate surface area is 137 Å². The minimum Gasteiger partial charge on any atom is -0.378 e. The van der Waals surface area contributed by atoms with E-state index in [0.717, 1.165) is 30.2 Å². The van der Waals surface area contributed by atoms with Crippen LogP contribution in [-0.4, -0.2) is 29.9 Å². The fraction of sp³-hybridized carbons (Fsp3) is 0.500. The standard InChI is InChI=1S/C18H24N4O/c19-18(14-3-1-2-4-14)17(21-15-11-23-12-15)6-5-16(22-18)13-7-9-20-10-8-13/h5-10,14-15,21-22H,1-4,11-12,19H2. The maximum absolute atomic E-state index is 6.92. The highest BCUT2D eigenvalue weighted by Gasteiger charge is 2.42. The number of nitrogens with one attached hydrogen (secondary N) is 2. The zero-order valence-corrected chi connectivity index (χ0v) is 13.3. The molecule has 0 spiro atoms. The Bertz CT molecular complexity index is 617.